The summed E-state index contributed by atoms with van der Waals surface area (Å²) in [6.45, 7) is 0. The number of hydrogen-bond donors (Lipinski definition) is 2. The fraction of sp³-hybridized carbons (Fsp3) is 0.0909. The minimum absolute atomic E-state index is 0.0240. The van der Waals surface area contributed by atoms with Gasteiger partial charge in [-0.15, -0.1) is 5.10 Å². The Bertz CT molecular complexity index is 1250. The van der Waals surface area contributed by atoms with Gasteiger partial charge in [0.05, 0.1) is 5.56 Å². The Hall–Kier alpha value is -4.21. The molecule has 0 saturated heterocycles. The number of halogens is 3. The topological polar surface area (TPSA) is 84.7 Å². The average molecular weight is 438 g/mol. The quantitative estimate of drug-likeness (QED) is 0.458. The van der Waals surface area contributed by atoms with Gasteiger partial charge >= 0.3 is 12.2 Å². The Morgan fingerprint density at radius 3 is 2.25 bits per heavy atom. The molecule has 0 atom stereocenters. The summed E-state index contributed by atoms with van der Waals surface area (Å²) in [5.74, 6) is 0.491. The molecule has 7 nitrogen and oxygen atoms in total. The highest BCUT2D eigenvalue weighted by atomic mass is 19.4. The monoisotopic (exact) mass is 438 g/mol. The molecule has 0 aliphatic carbocycles. The molecule has 0 radical (unpaired) electrons. The van der Waals surface area contributed by atoms with Crippen molar-refractivity contribution in [1.82, 2.24) is 20.2 Å². The smallest absolute Gasteiger partial charge is 0.308 e. The second-order valence-electron chi connectivity index (χ2n) is 6.91. The van der Waals surface area contributed by atoms with Crippen LogP contribution in [-0.4, -0.2) is 26.2 Å². The van der Waals surface area contributed by atoms with Gasteiger partial charge in [-0.1, -0.05) is 42.5 Å². The lowest BCUT2D eigenvalue weighted by Gasteiger charge is -2.13. The van der Waals surface area contributed by atoms with Gasteiger partial charge in [0.1, 0.15) is 0 Å². The number of aromatic nitrogens is 4. The minimum atomic E-state index is -4.50. The predicted molar refractivity (Wildman–Crippen MR) is 114 cm³/mol. The fourth-order valence-corrected chi connectivity index (χ4v) is 3.20. The van der Waals surface area contributed by atoms with Crippen LogP contribution in [0.25, 0.3) is 22.5 Å². The van der Waals surface area contributed by atoms with Crippen LogP contribution >= 0.6 is 0 Å². The van der Waals surface area contributed by atoms with Crippen molar-refractivity contribution in [3.05, 3.63) is 78.4 Å². The first-order valence-corrected chi connectivity index (χ1v) is 9.49. The van der Waals surface area contributed by atoms with Crippen LogP contribution in [0.15, 0.2) is 72.8 Å². The molecule has 0 aliphatic rings. The molecule has 4 aromatic rings. The molecule has 32 heavy (non-hydrogen) atoms. The molecule has 1 aromatic heterocycles. The number of anilines is 2. The van der Waals surface area contributed by atoms with Gasteiger partial charge in [-0.3, -0.25) is 0 Å². The van der Waals surface area contributed by atoms with Gasteiger partial charge < -0.3 is 10.6 Å². The predicted octanol–water partition coefficient (Wildman–Crippen LogP) is 5.21. The van der Waals surface area contributed by atoms with E-state index in [1.165, 1.54) is 16.8 Å². The molecule has 162 valence electrons. The van der Waals surface area contributed by atoms with Crippen LogP contribution in [0.1, 0.15) is 5.56 Å². The highest BCUT2D eigenvalue weighted by Crippen LogP contribution is 2.33. The maximum absolute atomic E-state index is 12.9. The van der Waals surface area contributed by atoms with Crippen LogP contribution < -0.4 is 10.6 Å². The number of amides is 2. The number of carbonyl (C=O) groups excluding carboxylic acids is 1. The molecule has 0 bridgehead atoms. The Labute approximate surface area is 180 Å². The molecular formula is C22H17F3N6O. The molecule has 0 unspecified atom stereocenters. The second-order valence-corrected chi connectivity index (χ2v) is 6.91. The number of nitrogens with zero attached hydrogens (tertiary/aromatic N) is 4. The third-order valence-electron chi connectivity index (χ3n) is 4.67. The third-order valence-corrected chi connectivity index (χ3v) is 4.67. The van der Waals surface area contributed by atoms with E-state index in [9.17, 15) is 18.0 Å². The summed E-state index contributed by atoms with van der Waals surface area (Å²) >= 11 is 0. The van der Waals surface area contributed by atoms with Crippen molar-refractivity contribution in [2.75, 3.05) is 10.6 Å². The van der Waals surface area contributed by atoms with Crippen molar-refractivity contribution in [3.63, 3.8) is 0 Å². The second kappa shape index (κ2) is 8.50. The lowest BCUT2D eigenvalue weighted by molar-refractivity contribution is -0.137. The normalized spacial score (nSPS) is 11.2. The number of alkyl halides is 3. The standard InChI is InChI=1S/C22H17F3N6O/c1-31-20(28-29-30-31)19-13-17(10-11-18(19)14-6-3-2-4-7-14)27-21(32)26-16-9-5-8-15(12-16)22(23,24)25/h2-13H,1H3,(H2,26,27,32). The van der Waals surface area contributed by atoms with Crippen molar-refractivity contribution in [2.45, 2.75) is 6.18 Å². The molecule has 0 saturated carbocycles. The number of urea groups is 1. The van der Waals surface area contributed by atoms with Crippen LogP contribution in [0.4, 0.5) is 29.3 Å². The summed E-state index contributed by atoms with van der Waals surface area (Å²) in [6.07, 6.45) is -4.50. The van der Waals surface area contributed by atoms with Crippen molar-refractivity contribution in [3.8, 4) is 22.5 Å². The molecule has 1 heterocycles. The Morgan fingerprint density at radius 1 is 0.875 bits per heavy atom. The number of rotatable bonds is 4. The summed E-state index contributed by atoms with van der Waals surface area (Å²) in [4.78, 5) is 12.4. The first-order valence-electron chi connectivity index (χ1n) is 9.49. The zero-order valence-corrected chi connectivity index (χ0v) is 16.8. The number of aryl methyl sites for hydroxylation is 1. The van der Waals surface area contributed by atoms with Crippen LogP contribution in [0.5, 0.6) is 0 Å². The molecular weight excluding hydrogens is 421 g/mol. The molecule has 0 fully saturated rings. The molecule has 0 aliphatic heterocycles. The van der Waals surface area contributed by atoms with Gasteiger partial charge in [0.25, 0.3) is 0 Å². The Balaban J connectivity index is 1.61. The van der Waals surface area contributed by atoms with E-state index in [2.05, 4.69) is 26.2 Å². The zero-order valence-electron chi connectivity index (χ0n) is 16.8. The van der Waals surface area contributed by atoms with Gasteiger partial charge in [-0.05, 0) is 51.9 Å². The molecule has 4 rings (SSSR count). The number of benzene rings is 3. The van der Waals surface area contributed by atoms with Gasteiger partial charge in [0.15, 0.2) is 5.82 Å². The van der Waals surface area contributed by atoms with Crippen LogP contribution in [0.3, 0.4) is 0 Å². The van der Waals surface area contributed by atoms with E-state index in [1.807, 2.05) is 36.4 Å². The molecule has 10 heteroatoms. The maximum Gasteiger partial charge on any atom is 0.416 e. The largest absolute Gasteiger partial charge is 0.416 e. The van der Waals surface area contributed by atoms with Gasteiger partial charge in [-0.2, -0.15) is 13.2 Å². The van der Waals surface area contributed by atoms with Crippen molar-refractivity contribution in [2.24, 2.45) is 7.05 Å². The number of hydrogen-bond acceptors (Lipinski definition) is 4. The Morgan fingerprint density at radius 2 is 1.59 bits per heavy atom. The van der Waals surface area contributed by atoms with E-state index < -0.39 is 17.8 Å². The van der Waals surface area contributed by atoms with Crippen LogP contribution in [0, 0.1) is 0 Å². The van der Waals surface area contributed by atoms with Gasteiger partial charge in [0.2, 0.25) is 0 Å². The van der Waals surface area contributed by atoms with Gasteiger partial charge in [-0.25, -0.2) is 9.48 Å². The highest BCUT2D eigenvalue weighted by Gasteiger charge is 2.30. The zero-order chi connectivity index (χ0) is 22.7. The van der Waals surface area contributed by atoms with Crippen LogP contribution in [0.2, 0.25) is 0 Å². The van der Waals surface area contributed by atoms with E-state index in [1.54, 1.807) is 19.2 Å². The van der Waals surface area contributed by atoms with Crippen molar-refractivity contribution < 1.29 is 18.0 Å². The van der Waals surface area contributed by atoms with Crippen molar-refractivity contribution >= 4 is 17.4 Å². The molecule has 0 spiro atoms. The number of nitrogens with one attached hydrogen (secondary N) is 2. The van der Waals surface area contributed by atoms with Gasteiger partial charge in [0, 0.05) is 24.0 Å². The van der Waals surface area contributed by atoms with Crippen molar-refractivity contribution in [1.29, 1.82) is 0 Å². The molecule has 3 aromatic carbocycles. The summed E-state index contributed by atoms with van der Waals surface area (Å²) < 4.78 is 40.2. The van der Waals surface area contributed by atoms with Crippen LogP contribution in [-0.2, 0) is 13.2 Å². The first kappa shape index (κ1) is 21.0. The Kier molecular flexibility index (Phi) is 5.59. The number of carbonyl (C=O) groups is 1. The van der Waals surface area contributed by atoms with E-state index in [4.69, 9.17) is 0 Å². The fourth-order valence-electron chi connectivity index (χ4n) is 3.20. The summed E-state index contributed by atoms with van der Waals surface area (Å²) in [7, 11) is 1.70. The summed E-state index contributed by atoms with van der Waals surface area (Å²) in [5.41, 5.74) is 2.07. The average Bonchev–Trinajstić information content (AvgIpc) is 3.19. The minimum Gasteiger partial charge on any atom is -0.308 e. The lowest BCUT2D eigenvalue weighted by atomic mass is 9.98. The summed E-state index contributed by atoms with van der Waals surface area (Å²) in [6, 6.07) is 18.6. The van der Waals surface area contributed by atoms with E-state index >= 15 is 0 Å². The van der Waals surface area contributed by atoms with E-state index in [0.29, 0.717) is 17.1 Å². The molecule has 2 N–H and O–H groups in total. The molecule has 2 amide bonds. The summed E-state index contributed by atoms with van der Waals surface area (Å²) in [5, 5.41) is 16.7. The lowest BCUT2D eigenvalue weighted by Crippen LogP contribution is -2.20. The highest BCUT2D eigenvalue weighted by molar-refractivity contribution is 6.00. The number of tetrazole rings is 1. The van der Waals surface area contributed by atoms with E-state index in [-0.39, 0.29) is 5.69 Å². The van der Waals surface area contributed by atoms with E-state index in [0.717, 1.165) is 23.3 Å². The SMILES string of the molecule is Cn1nnnc1-c1cc(NC(=O)Nc2cccc(C(F)(F)F)c2)ccc1-c1ccccc1. The third kappa shape index (κ3) is 4.59. The maximum atomic E-state index is 12.9. The first-order chi connectivity index (χ1) is 15.3.